The molecule has 3 nitrogen and oxygen atoms in total. The van der Waals surface area contributed by atoms with Gasteiger partial charge >= 0.3 is 0 Å². The molecule has 1 aliphatic rings. The summed E-state index contributed by atoms with van der Waals surface area (Å²) in [6.07, 6.45) is 2.05. The minimum atomic E-state index is -0.198. The molecule has 0 radical (unpaired) electrons. The molecule has 0 spiro atoms. The van der Waals surface area contributed by atoms with Crippen LogP contribution in [-0.2, 0) is 4.74 Å². The Kier molecular flexibility index (Phi) is 5.52. The van der Waals surface area contributed by atoms with Gasteiger partial charge in [-0.2, -0.15) is 0 Å². The predicted molar refractivity (Wildman–Crippen MR) is 79.0 cm³/mol. The number of nitrogens with zero attached hydrogens (tertiary/aromatic N) is 1. The minimum Gasteiger partial charge on any atom is -0.384 e. The topological polar surface area (TPSA) is 38.5 Å². The van der Waals surface area contributed by atoms with Crippen LogP contribution in [0.25, 0.3) is 0 Å². The highest BCUT2D eigenvalue weighted by Gasteiger charge is 2.32. The molecule has 1 aromatic rings. The van der Waals surface area contributed by atoms with Crippen LogP contribution in [0.15, 0.2) is 24.3 Å². The summed E-state index contributed by atoms with van der Waals surface area (Å²) in [5.74, 6) is 0.378. The first-order valence-electron chi connectivity index (χ1n) is 7.39. The van der Waals surface area contributed by atoms with Crippen molar-refractivity contribution < 1.29 is 9.13 Å². The molecule has 112 valence electrons. The van der Waals surface area contributed by atoms with Gasteiger partial charge in [0.2, 0.25) is 0 Å². The van der Waals surface area contributed by atoms with Gasteiger partial charge in [0, 0.05) is 25.7 Å². The van der Waals surface area contributed by atoms with Crippen LogP contribution >= 0.6 is 0 Å². The molecule has 1 heterocycles. The van der Waals surface area contributed by atoms with E-state index in [1.807, 2.05) is 12.1 Å². The lowest BCUT2D eigenvalue weighted by Crippen LogP contribution is -2.40. The van der Waals surface area contributed by atoms with Crippen molar-refractivity contribution in [2.45, 2.75) is 31.8 Å². The maximum absolute atomic E-state index is 13.1. The molecular weight excluding hydrogens is 255 g/mol. The van der Waals surface area contributed by atoms with Crippen molar-refractivity contribution in [3.8, 4) is 0 Å². The van der Waals surface area contributed by atoms with Crippen molar-refractivity contribution >= 4 is 0 Å². The monoisotopic (exact) mass is 280 g/mol. The molecule has 1 fully saturated rings. The first-order valence-corrected chi connectivity index (χ1v) is 7.39. The number of nitrogens with two attached hydrogens (primary N) is 1. The maximum Gasteiger partial charge on any atom is 0.123 e. The van der Waals surface area contributed by atoms with Gasteiger partial charge in [-0.3, -0.25) is 4.90 Å². The van der Waals surface area contributed by atoms with Crippen LogP contribution in [0, 0.1) is 11.7 Å². The zero-order chi connectivity index (χ0) is 14.5. The van der Waals surface area contributed by atoms with Gasteiger partial charge < -0.3 is 10.5 Å². The molecule has 1 aromatic carbocycles. The van der Waals surface area contributed by atoms with Crippen molar-refractivity contribution in [1.82, 2.24) is 4.90 Å². The average molecular weight is 280 g/mol. The summed E-state index contributed by atoms with van der Waals surface area (Å²) in [7, 11) is 1.75. The second-order valence-corrected chi connectivity index (χ2v) is 5.67. The second-order valence-electron chi connectivity index (χ2n) is 5.67. The number of rotatable bonds is 6. The Morgan fingerprint density at radius 2 is 2.10 bits per heavy atom. The van der Waals surface area contributed by atoms with E-state index >= 15 is 0 Å². The largest absolute Gasteiger partial charge is 0.384 e. The molecule has 1 aliphatic heterocycles. The van der Waals surface area contributed by atoms with Crippen molar-refractivity contribution in [2.75, 3.05) is 26.8 Å². The summed E-state index contributed by atoms with van der Waals surface area (Å²) in [5, 5.41) is 0. The zero-order valence-electron chi connectivity index (χ0n) is 12.4. The number of hydrogen-bond acceptors (Lipinski definition) is 3. The van der Waals surface area contributed by atoms with Gasteiger partial charge in [-0.25, -0.2) is 4.39 Å². The molecule has 1 saturated heterocycles. The van der Waals surface area contributed by atoms with Crippen molar-refractivity contribution in [1.29, 1.82) is 0 Å². The van der Waals surface area contributed by atoms with E-state index in [0.29, 0.717) is 5.92 Å². The van der Waals surface area contributed by atoms with E-state index in [1.165, 1.54) is 12.1 Å². The molecule has 3 atom stereocenters. The van der Waals surface area contributed by atoms with E-state index < -0.39 is 0 Å². The van der Waals surface area contributed by atoms with E-state index in [2.05, 4.69) is 11.8 Å². The number of ether oxygens (including phenoxy) is 1. The molecule has 3 unspecified atom stereocenters. The Morgan fingerprint density at radius 3 is 2.70 bits per heavy atom. The Bertz CT molecular complexity index is 409. The molecule has 0 amide bonds. The average Bonchev–Trinajstić information content (AvgIpc) is 2.90. The minimum absolute atomic E-state index is 0.0711. The van der Waals surface area contributed by atoms with Gasteiger partial charge in [0.05, 0.1) is 6.61 Å². The van der Waals surface area contributed by atoms with Crippen LogP contribution in [0.2, 0.25) is 0 Å². The SMILES string of the molecule is CCC(N)C(c1ccc(F)cc1)N1CCC(COC)C1. The summed E-state index contributed by atoms with van der Waals surface area (Å²) >= 11 is 0. The summed E-state index contributed by atoms with van der Waals surface area (Å²) in [6.45, 7) is 4.94. The van der Waals surface area contributed by atoms with Crippen LogP contribution in [0.4, 0.5) is 4.39 Å². The summed E-state index contributed by atoms with van der Waals surface area (Å²) < 4.78 is 18.4. The number of methoxy groups -OCH3 is 1. The highest BCUT2D eigenvalue weighted by atomic mass is 19.1. The predicted octanol–water partition coefficient (Wildman–Crippen LogP) is 2.57. The number of benzene rings is 1. The van der Waals surface area contributed by atoms with Crippen molar-refractivity contribution in [3.05, 3.63) is 35.6 Å². The lowest BCUT2D eigenvalue weighted by Gasteiger charge is -2.32. The lowest BCUT2D eigenvalue weighted by atomic mass is 9.96. The van der Waals surface area contributed by atoms with Gasteiger partial charge in [0.25, 0.3) is 0 Å². The van der Waals surface area contributed by atoms with E-state index in [4.69, 9.17) is 10.5 Å². The number of hydrogen-bond donors (Lipinski definition) is 1. The van der Waals surface area contributed by atoms with Crippen LogP contribution in [0.3, 0.4) is 0 Å². The normalized spacial score (nSPS) is 22.9. The molecule has 4 heteroatoms. The van der Waals surface area contributed by atoms with E-state index in [-0.39, 0.29) is 17.9 Å². The van der Waals surface area contributed by atoms with Crippen molar-refractivity contribution in [3.63, 3.8) is 0 Å². The molecule has 20 heavy (non-hydrogen) atoms. The highest BCUT2D eigenvalue weighted by molar-refractivity contribution is 5.22. The summed E-state index contributed by atoms with van der Waals surface area (Å²) in [6, 6.07) is 7.00. The first kappa shape index (κ1) is 15.4. The van der Waals surface area contributed by atoms with Gasteiger partial charge in [0.1, 0.15) is 5.82 Å². The quantitative estimate of drug-likeness (QED) is 0.870. The fraction of sp³-hybridized carbons (Fsp3) is 0.625. The van der Waals surface area contributed by atoms with Gasteiger partial charge in [0.15, 0.2) is 0 Å². The molecule has 0 bridgehead atoms. The Hall–Kier alpha value is -0.970. The molecular formula is C16H25FN2O. The van der Waals surface area contributed by atoms with Crippen molar-refractivity contribution in [2.24, 2.45) is 11.7 Å². The molecule has 0 aromatic heterocycles. The molecule has 0 aliphatic carbocycles. The molecule has 2 N–H and O–H groups in total. The zero-order valence-corrected chi connectivity index (χ0v) is 12.4. The molecule has 2 rings (SSSR count). The molecule has 0 saturated carbocycles. The summed E-state index contributed by atoms with van der Waals surface area (Å²) in [5.41, 5.74) is 7.43. The third-order valence-corrected chi connectivity index (χ3v) is 4.20. The Labute approximate surface area is 120 Å². The van der Waals surface area contributed by atoms with E-state index in [0.717, 1.165) is 38.1 Å². The Balaban J connectivity index is 2.14. The number of halogens is 1. The fourth-order valence-corrected chi connectivity index (χ4v) is 3.10. The summed E-state index contributed by atoms with van der Waals surface area (Å²) in [4.78, 5) is 2.42. The first-order chi connectivity index (χ1) is 9.65. The standard InChI is InChI=1S/C16H25FN2O/c1-3-15(18)16(13-4-6-14(17)7-5-13)19-9-8-12(10-19)11-20-2/h4-7,12,15-16H,3,8-11,18H2,1-2H3. The van der Waals surface area contributed by atoms with Gasteiger partial charge in [-0.15, -0.1) is 0 Å². The highest BCUT2D eigenvalue weighted by Crippen LogP contribution is 2.30. The second kappa shape index (κ2) is 7.16. The smallest absolute Gasteiger partial charge is 0.123 e. The third kappa shape index (κ3) is 3.57. The van der Waals surface area contributed by atoms with Crippen LogP contribution in [0.1, 0.15) is 31.4 Å². The van der Waals surface area contributed by atoms with Gasteiger partial charge in [-0.1, -0.05) is 19.1 Å². The van der Waals surface area contributed by atoms with Crippen LogP contribution < -0.4 is 5.73 Å². The van der Waals surface area contributed by atoms with Crippen LogP contribution in [0.5, 0.6) is 0 Å². The number of likely N-dealkylation sites (tertiary alicyclic amines) is 1. The van der Waals surface area contributed by atoms with Crippen LogP contribution in [-0.4, -0.2) is 37.7 Å². The third-order valence-electron chi connectivity index (χ3n) is 4.20. The van der Waals surface area contributed by atoms with E-state index in [1.54, 1.807) is 7.11 Å². The Morgan fingerprint density at radius 1 is 1.40 bits per heavy atom. The maximum atomic E-state index is 13.1. The lowest BCUT2D eigenvalue weighted by molar-refractivity contribution is 0.142. The van der Waals surface area contributed by atoms with Gasteiger partial charge in [-0.05, 0) is 43.0 Å². The fourth-order valence-electron chi connectivity index (χ4n) is 3.10. The van der Waals surface area contributed by atoms with E-state index in [9.17, 15) is 4.39 Å².